The van der Waals surface area contributed by atoms with E-state index < -0.39 is 12.0 Å². The minimum Gasteiger partial charge on any atom is -0.413 e. The number of nitrogens with zero attached hydrogens (tertiary/aromatic N) is 8. The molecule has 279 valence electrons. The average molecular weight is 920 g/mol. The molecule has 0 spiro atoms. The second-order valence-electron chi connectivity index (χ2n) is 12.5. The fraction of sp³-hybridized carbons (Fsp3) is 0.0682. The van der Waals surface area contributed by atoms with E-state index in [2.05, 4.69) is 151 Å². The number of aromatic nitrogens is 8. The first kappa shape index (κ1) is 37.8. The first-order valence-corrected chi connectivity index (χ1v) is 17.2. The van der Waals surface area contributed by atoms with Crippen LogP contribution in [0.15, 0.2) is 146 Å². The number of alkyl halides is 3. The van der Waals surface area contributed by atoms with E-state index >= 15 is 0 Å². The molecule has 0 bridgehead atoms. The third-order valence-corrected chi connectivity index (χ3v) is 8.91. The number of aryl methyl sites for hydroxylation is 2. The van der Waals surface area contributed by atoms with E-state index in [1.807, 2.05) is 47.5 Å². The van der Waals surface area contributed by atoms with E-state index in [0.29, 0.717) is 0 Å². The zero-order valence-electron chi connectivity index (χ0n) is 29.9. The van der Waals surface area contributed by atoms with Gasteiger partial charge in [0.05, 0.1) is 41.9 Å². The van der Waals surface area contributed by atoms with Crippen molar-refractivity contribution >= 4 is 43.6 Å². The molecule has 4 heterocycles. The van der Waals surface area contributed by atoms with Crippen molar-refractivity contribution in [2.45, 2.75) is 6.18 Å². The summed E-state index contributed by atoms with van der Waals surface area (Å²) < 4.78 is 44.6. The van der Waals surface area contributed by atoms with Gasteiger partial charge in [0.1, 0.15) is 5.82 Å². The maximum Gasteiger partial charge on any atom is 0.429 e. The molecule has 10 aromatic rings. The van der Waals surface area contributed by atoms with Crippen molar-refractivity contribution in [3.63, 3.8) is 0 Å². The van der Waals surface area contributed by atoms with Crippen molar-refractivity contribution in [2.24, 2.45) is 14.1 Å². The molecule has 10 rings (SSSR count). The Hall–Kier alpha value is -6.49. The number of fused-ring (bicyclic) bond motifs is 4. The average Bonchev–Trinajstić information content (AvgIpc) is 3.95. The number of benzene rings is 6. The van der Waals surface area contributed by atoms with Crippen LogP contribution < -0.4 is 14.2 Å². The molecule has 12 heteroatoms. The van der Waals surface area contributed by atoms with Crippen LogP contribution in [0.5, 0.6) is 0 Å². The van der Waals surface area contributed by atoms with Gasteiger partial charge in [0, 0.05) is 26.3 Å². The Kier molecular flexibility index (Phi) is 10.9. The largest absolute Gasteiger partial charge is 0.429 e. The van der Waals surface area contributed by atoms with Crippen molar-refractivity contribution in [2.75, 3.05) is 0 Å². The van der Waals surface area contributed by atoms with Gasteiger partial charge in [-0.25, -0.2) is 0 Å². The third-order valence-electron chi connectivity index (χ3n) is 8.91. The van der Waals surface area contributed by atoms with Gasteiger partial charge in [-0.3, -0.25) is 10.1 Å². The molecule has 4 aromatic heterocycles. The van der Waals surface area contributed by atoms with Gasteiger partial charge in [-0.2, -0.15) is 49.6 Å². The molecule has 0 N–H and O–H groups in total. The molecular weight excluding hydrogens is 890 g/mol. The van der Waals surface area contributed by atoms with Crippen LogP contribution in [0.1, 0.15) is 5.82 Å². The molecule has 8 nitrogen and oxygen atoms in total. The predicted octanol–water partition coefficient (Wildman–Crippen LogP) is 7.93. The smallest absolute Gasteiger partial charge is 0.413 e. The molecule has 1 radical (unpaired) electrons. The van der Waals surface area contributed by atoms with Crippen molar-refractivity contribution < 1.29 is 42.4 Å². The Bertz CT molecular complexity index is 2750. The zero-order chi connectivity index (χ0) is 37.9. The van der Waals surface area contributed by atoms with E-state index in [1.165, 1.54) is 33.8 Å². The summed E-state index contributed by atoms with van der Waals surface area (Å²) in [5, 5.41) is 11.1. The minimum absolute atomic E-state index is 0. The maximum absolute atomic E-state index is 12.1. The number of halogens is 3. The summed E-state index contributed by atoms with van der Waals surface area (Å²) in [6.45, 7) is 0. The van der Waals surface area contributed by atoms with Crippen molar-refractivity contribution in [1.29, 1.82) is 0 Å². The molecular formula is C44H30F3IrN8-3. The number of hydrogen-bond acceptors (Lipinski definition) is 3. The summed E-state index contributed by atoms with van der Waals surface area (Å²) in [6, 6.07) is 53.0. The van der Waals surface area contributed by atoms with Crippen LogP contribution in [-0.4, -0.2) is 24.2 Å². The molecule has 0 amide bonds. The SMILES string of the molecule is C[n+]1[c-]n(-c2[c-]ccc3ccccc23)c2ccccc21.C[n+]1[c-]n(-c2[c-]ccc3ccccc23)c2ccccc21.FC(F)(F)c1n[n-]c(-c2ccccn2)n1.[Ir]. The topological polar surface area (TPSA) is 70.4 Å². The molecule has 0 aliphatic heterocycles. The zero-order valence-corrected chi connectivity index (χ0v) is 32.3. The van der Waals surface area contributed by atoms with Crippen LogP contribution >= 0.6 is 0 Å². The quantitative estimate of drug-likeness (QED) is 0.134. The van der Waals surface area contributed by atoms with Crippen molar-refractivity contribution in [1.82, 2.24) is 29.3 Å². The molecule has 6 aromatic carbocycles. The minimum atomic E-state index is -4.57. The van der Waals surface area contributed by atoms with E-state index in [4.69, 9.17) is 0 Å². The van der Waals surface area contributed by atoms with Gasteiger partial charge in [-0.15, -0.1) is 33.7 Å². The van der Waals surface area contributed by atoms with E-state index in [0.717, 1.165) is 33.4 Å². The molecule has 0 unspecified atom stereocenters. The van der Waals surface area contributed by atoms with Gasteiger partial charge < -0.3 is 28.4 Å². The van der Waals surface area contributed by atoms with E-state index in [1.54, 1.807) is 12.1 Å². The summed E-state index contributed by atoms with van der Waals surface area (Å²) in [5.41, 5.74) is 6.95. The van der Waals surface area contributed by atoms with Crippen LogP contribution in [0.2, 0.25) is 0 Å². The molecule has 0 saturated carbocycles. The molecule has 0 aliphatic rings. The second kappa shape index (κ2) is 16.1. The molecule has 0 atom stereocenters. The fourth-order valence-electron chi connectivity index (χ4n) is 6.36. The second-order valence-corrected chi connectivity index (χ2v) is 12.5. The number of hydrogen-bond donors (Lipinski definition) is 0. The Morgan fingerprint density at radius 1 is 0.607 bits per heavy atom. The summed E-state index contributed by atoms with van der Waals surface area (Å²) in [5.74, 6) is -1.37. The van der Waals surface area contributed by atoms with E-state index in [-0.39, 0.29) is 31.6 Å². The number of pyridine rings is 1. The van der Waals surface area contributed by atoms with Gasteiger partial charge in [-0.05, 0) is 18.0 Å². The third kappa shape index (κ3) is 7.57. The van der Waals surface area contributed by atoms with Crippen LogP contribution in [0.25, 0.3) is 66.5 Å². The summed E-state index contributed by atoms with van der Waals surface area (Å²) in [4.78, 5) is 7.05. The molecule has 56 heavy (non-hydrogen) atoms. The Morgan fingerprint density at radius 2 is 1.09 bits per heavy atom. The molecule has 0 saturated heterocycles. The first-order chi connectivity index (χ1) is 26.8. The Morgan fingerprint density at radius 3 is 1.57 bits per heavy atom. The van der Waals surface area contributed by atoms with E-state index in [9.17, 15) is 13.2 Å². The van der Waals surface area contributed by atoms with Gasteiger partial charge in [0.25, 0.3) is 0 Å². The monoisotopic (exact) mass is 920 g/mol. The molecule has 0 fully saturated rings. The molecule has 0 aliphatic carbocycles. The van der Waals surface area contributed by atoms with Gasteiger partial charge >= 0.3 is 6.18 Å². The van der Waals surface area contributed by atoms with Crippen LogP contribution in [0.3, 0.4) is 0 Å². The normalized spacial score (nSPS) is 11.2. The van der Waals surface area contributed by atoms with Crippen molar-refractivity contribution in [3.8, 4) is 22.9 Å². The summed E-state index contributed by atoms with van der Waals surface area (Å²) in [7, 11) is 4.04. The predicted molar refractivity (Wildman–Crippen MR) is 203 cm³/mol. The first-order valence-electron chi connectivity index (χ1n) is 17.2. The van der Waals surface area contributed by atoms with Gasteiger partial charge in [0.15, 0.2) is 0 Å². The number of rotatable bonds is 3. The number of imidazole rings is 2. The number of para-hydroxylation sites is 4. The summed E-state index contributed by atoms with van der Waals surface area (Å²) >= 11 is 0. The Balaban J connectivity index is 0.000000129. The van der Waals surface area contributed by atoms with Crippen LogP contribution in [0, 0.1) is 24.8 Å². The van der Waals surface area contributed by atoms with Crippen LogP contribution in [-0.2, 0) is 40.4 Å². The van der Waals surface area contributed by atoms with Crippen molar-refractivity contribution in [3.05, 3.63) is 176 Å². The Labute approximate surface area is 333 Å². The van der Waals surface area contributed by atoms with Gasteiger partial charge in [-0.1, -0.05) is 102 Å². The maximum atomic E-state index is 12.1. The van der Waals surface area contributed by atoms with Crippen LogP contribution in [0.4, 0.5) is 13.2 Å². The summed E-state index contributed by atoms with van der Waals surface area (Å²) in [6.07, 6.45) is 3.60. The van der Waals surface area contributed by atoms with Gasteiger partial charge in [0.2, 0.25) is 12.7 Å². The standard InChI is InChI=1S/2C18H13N2.C8H4F3N4.Ir/c2*1-19-13-20(18-11-5-4-10-17(18)19)16-12-6-8-14-7-2-3-9-15(14)16;9-8(10,11)7-13-6(14-15-7)5-3-1-2-4-12-5;/h2*2-11H,1H3;1-4H;/q3*-1;. The fourth-order valence-corrected chi connectivity index (χ4v) is 6.36.